The fourth-order valence-corrected chi connectivity index (χ4v) is 3.26. The summed E-state index contributed by atoms with van der Waals surface area (Å²) in [4.78, 5) is 2.13. The van der Waals surface area contributed by atoms with Crippen LogP contribution in [-0.4, -0.2) is 36.9 Å². The van der Waals surface area contributed by atoms with Crippen molar-refractivity contribution in [2.24, 2.45) is 0 Å². The Hall–Kier alpha value is -2.61. The van der Waals surface area contributed by atoms with Gasteiger partial charge < -0.3 is 24.4 Å². The van der Waals surface area contributed by atoms with Gasteiger partial charge in [0.15, 0.2) is 16.6 Å². The van der Waals surface area contributed by atoms with Gasteiger partial charge in [-0.15, -0.1) is 0 Å². The van der Waals surface area contributed by atoms with E-state index in [1.165, 1.54) is 13.2 Å². The fraction of sp³-hybridized carbons (Fsp3) is 0.381. The minimum atomic E-state index is -2.90. The highest BCUT2D eigenvalue weighted by Crippen LogP contribution is 2.32. The van der Waals surface area contributed by atoms with Gasteiger partial charge in [-0.25, -0.2) is 0 Å². The summed E-state index contributed by atoms with van der Waals surface area (Å²) in [6.45, 7) is -1.73. The first-order valence-corrected chi connectivity index (χ1v) is 9.70. The largest absolute Gasteiger partial charge is 0.497 e. The molecule has 1 fully saturated rings. The number of thiocarbonyl (C=S) groups is 1. The zero-order valence-corrected chi connectivity index (χ0v) is 17.2. The van der Waals surface area contributed by atoms with Gasteiger partial charge in [0.05, 0.1) is 14.2 Å². The minimum absolute atomic E-state index is 0.0180. The van der Waals surface area contributed by atoms with Crippen LogP contribution in [0.25, 0.3) is 0 Å². The Morgan fingerprint density at radius 3 is 2.34 bits per heavy atom. The van der Waals surface area contributed by atoms with Crippen LogP contribution in [0.3, 0.4) is 0 Å². The monoisotopic (exact) mass is 422 g/mol. The van der Waals surface area contributed by atoms with E-state index in [1.54, 1.807) is 19.2 Å². The van der Waals surface area contributed by atoms with Crippen LogP contribution in [-0.2, 0) is 13.1 Å². The van der Waals surface area contributed by atoms with Gasteiger partial charge in [-0.2, -0.15) is 8.78 Å². The number of nitrogens with zero attached hydrogens (tertiary/aromatic N) is 1. The molecule has 5 nitrogen and oxygen atoms in total. The van der Waals surface area contributed by atoms with Gasteiger partial charge in [0.25, 0.3) is 0 Å². The quantitative estimate of drug-likeness (QED) is 0.607. The van der Waals surface area contributed by atoms with Gasteiger partial charge in [-0.3, -0.25) is 0 Å². The van der Waals surface area contributed by atoms with Gasteiger partial charge in [0.2, 0.25) is 0 Å². The molecule has 1 aliphatic rings. The third-order valence-corrected chi connectivity index (χ3v) is 5.03. The Morgan fingerprint density at radius 1 is 1.07 bits per heavy atom. The van der Waals surface area contributed by atoms with Gasteiger partial charge in [0.1, 0.15) is 5.75 Å². The molecule has 0 aromatic heterocycles. The summed E-state index contributed by atoms with van der Waals surface area (Å²) >= 11 is 5.62. The van der Waals surface area contributed by atoms with Crippen LogP contribution in [0.2, 0.25) is 0 Å². The summed E-state index contributed by atoms with van der Waals surface area (Å²) in [5, 5.41) is 3.97. The Labute approximate surface area is 174 Å². The van der Waals surface area contributed by atoms with Crippen molar-refractivity contribution in [1.29, 1.82) is 0 Å². The van der Waals surface area contributed by atoms with Crippen molar-refractivity contribution in [3.63, 3.8) is 0 Å². The van der Waals surface area contributed by atoms with E-state index >= 15 is 0 Å². The maximum Gasteiger partial charge on any atom is 0.387 e. The number of methoxy groups -OCH3 is 2. The van der Waals surface area contributed by atoms with Crippen molar-refractivity contribution in [2.45, 2.75) is 38.6 Å². The van der Waals surface area contributed by atoms with Crippen molar-refractivity contribution < 1.29 is 23.0 Å². The third-order valence-electron chi connectivity index (χ3n) is 4.65. The summed E-state index contributed by atoms with van der Waals surface area (Å²) in [6, 6.07) is 13.1. The Kier molecular flexibility index (Phi) is 7.09. The zero-order valence-electron chi connectivity index (χ0n) is 16.4. The molecule has 156 valence electrons. The zero-order chi connectivity index (χ0) is 20.8. The van der Waals surface area contributed by atoms with Crippen molar-refractivity contribution in [1.82, 2.24) is 10.2 Å². The fourth-order valence-electron chi connectivity index (χ4n) is 2.98. The molecule has 0 radical (unpaired) electrons. The smallest absolute Gasteiger partial charge is 0.387 e. The van der Waals surface area contributed by atoms with E-state index in [9.17, 15) is 8.78 Å². The molecule has 0 atom stereocenters. The van der Waals surface area contributed by atoms with Crippen LogP contribution in [0, 0.1) is 0 Å². The molecule has 2 aromatic rings. The van der Waals surface area contributed by atoms with Crippen molar-refractivity contribution in [3.05, 3.63) is 53.6 Å². The van der Waals surface area contributed by atoms with E-state index in [-0.39, 0.29) is 11.5 Å². The molecule has 8 heteroatoms. The van der Waals surface area contributed by atoms with E-state index in [0.717, 1.165) is 29.7 Å². The Balaban J connectivity index is 1.64. The molecule has 1 N–H and O–H groups in total. The second-order valence-electron chi connectivity index (χ2n) is 6.73. The van der Waals surface area contributed by atoms with Crippen LogP contribution in [0.15, 0.2) is 42.5 Å². The molecule has 0 saturated heterocycles. The number of benzene rings is 2. The van der Waals surface area contributed by atoms with Crippen LogP contribution >= 0.6 is 12.2 Å². The Morgan fingerprint density at radius 2 is 1.76 bits per heavy atom. The van der Waals surface area contributed by atoms with Gasteiger partial charge in [-0.1, -0.05) is 18.2 Å². The predicted molar refractivity (Wildman–Crippen MR) is 111 cm³/mol. The van der Waals surface area contributed by atoms with E-state index in [2.05, 4.69) is 15.0 Å². The second kappa shape index (κ2) is 9.73. The van der Waals surface area contributed by atoms with Crippen molar-refractivity contribution in [3.8, 4) is 17.2 Å². The lowest BCUT2D eigenvalue weighted by Gasteiger charge is -2.26. The predicted octanol–water partition coefficient (Wildman–Crippen LogP) is 4.34. The SMILES string of the molecule is COc1ccc(CNC(=S)N(Cc2ccc(OC(F)F)c(OC)c2)C2CC2)cc1. The number of rotatable bonds is 9. The molecular formula is C21H24F2N2O3S. The lowest BCUT2D eigenvalue weighted by Crippen LogP contribution is -2.40. The molecule has 3 rings (SSSR count). The van der Waals surface area contributed by atoms with Gasteiger partial charge in [0, 0.05) is 19.1 Å². The second-order valence-corrected chi connectivity index (χ2v) is 7.12. The molecule has 0 amide bonds. The number of hydrogen-bond acceptors (Lipinski definition) is 4. The van der Waals surface area contributed by atoms with E-state index in [4.69, 9.17) is 21.7 Å². The molecule has 29 heavy (non-hydrogen) atoms. The van der Waals surface area contributed by atoms with Crippen LogP contribution < -0.4 is 19.5 Å². The average molecular weight is 422 g/mol. The van der Waals surface area contributed by atoms with Crippen molar-refractivity contribution >= 4 is 17.3 Å². The third kappa shape index (κ3) is 5.93. The summed E-state index contributed by atoms with van der Waals surface area (Å²) in [5.41, 5.74) is 2.00. The summed E-state index contributed by atoms with van der Waals surface area (Å²) in [7, 11) is 3.06. The first kappa shape index (κ1) is 21.1. The molecule has 0 spiro atoms. The molecular weight excluding hydrogens is 398 g/mol. The van der Waals surface area contributed by atoms with E-state index in [1.807, 2.05) is 24.3 Å². The molecule has 1 saturated carbocycles. The molecule has 2 aromatic carbocycles. The molecule has 0 unspecified atom stereocenters. The number of nitrogens with one attached hydrogen (secondary N) is 1. The van der Waals surface area contributed by atoms with Gasteiger partial charge in [-0.05, 0) is 60.5 Å². The highest BCUT2D eigenvalue weighted by atomic mass is 32.1. The van der Waals surface area contributed by atoms with Crippen LogP contribution in [0.5, 0.6) is 17.2 Å². The lowest BCUT2D eigenvalue weighted by atomic mass is 10.2. The summed E-state index contributed by atoms with van der Waals surface area (Å²) < 4.78 is 39.9. The topological polar surface area (TPSA) is 43.0 Å². The maximum absolute atomic E-state index is 12.5. The number of halogens is 2. The first-order valence-electron chi connectivity index (χ1n) is 9.29. The van der Waals surface area contributed by atoms with Gasteiger partial charge >= 0.3 is 6.61 Å². The highest BCUT2D eigenvalue weighted by molar-refractivity contribution is 7.80. The van der Waals surface area contributed by atoms with E-state index in [0.29, 0.717) is 24.2 Å². The standard InChI is InChI=1S/C21H24F2N2O3S/c1-26-17-8-3-14(4-9-17)12-24-21(29)25(16-6-7-16)13-15-5-10-18(28-20(22)23)19(11-15)27-2/h3-5,8-11,16,20H,6-7,12-13H2,1-2H3,(H,24,29). The number of alkyl halides is 2. The Bertz CT molecular complexity index is 829. The first-order chi connectivity index (χ1) is 14.0. The normalized spacial score (nSPS) is 13.1. The highest BCUT2D eigenvalue weighted by Gasteiger charge is 2.31. The maximum atomic E-state index is 12.5. The average Bonchev–Trinajstić information content (AvgIpc) is 3.56. The van der Waals surface area contributed by atoms with Crippen LogP contribution in [0.1, 0.15) is 24.0 Å². The molecule has 0 aliphatic heterocycles. The summed E-state index contributed by atoms with van der Waals surface area (Å²) in [5.74, 6) is 1.10. The molecule has 1 aliphatic carbocycles. The summed E-state index contributed by atoms with van der Waals surface area (Å²) in [6.07, 6.45) is 2.15. The molecule has 0 heterocycles. The van der Waals surface area contributed by atoms with E-state index < -0.39 is 6.61 Å². The minimum Gasteiger partial charge on any atom is -0.497 e. The lowest BCUT2D eigenvalue weighted by molar-refractivity contribution is -0.0512. The molecule has 0 bridgehead atoms. The number of hydrogen-bond donors (Lipinski definition) is 1. The number of ether oxygens (including phenoxy) is 3. The van der Waals surface area contributed by atoms with Crippen LogP contribution in [0.4, 0.5) is 8.78 Å². The van der Waals surface area contributed by atoms with Crippen molar-refractivity contribution in [2.75, 3.05) is 14.2 Å².